The second kappa shape index (κ2) is 7.90. The van der Waals surface area contributed by atoms with Crippen molar-refractivity contribution < 1.29 is 27.4 Å². The largest absolute Gasteiger partial charge is 0.497 e. The van der Waals surface area contributed by atoms with Gasteiger partial charge in [0, 0.05) is 34.6 Å². The van der Waals surface area contributed by atoms with Crippen molar-refractivity contribution in [3.63, 3.8) is 0 Å². The zero-order valence-corrected chi connectivity index (χ0v) is 16.8. The molecular weight excluding hydrogens is 411 g/mol. The first-order chi connectivity index (χ1) is 14.8. The number of halogens is 3. The maximum absolute atomic E-state index is 13.2. The van der Waals surface area contributed by atoms with Crippen molar-refractivity contribution in [1.82, 2.24) is 15.3 Å². The Morgan fingerprint density at radius 2 is 1.94 bits per heavy atom. The van der Waals surface area contributed by atoms with E-state index < -0.39 is 17.8 Å². The second-order valence-electron chi connectivity index (χ2n) is 7.11. The van der Waals surface area contributed by atoms with E-state index in [2.05, 4.69) is 15.3 Å². The molecule has 0 radical (unpaired) electrons. The highest BCUT2D eigenvalue weighted by atomic mass is 19.4. The summed E-state index contributed by atoms with van der Waals surface area (Å²) >= 11 is 0. The summed E-state index contributed by atoms with van der Waals surface area (Å²) in [4.78, 5) is 18.0. The van der Waals surface area contributed by atoms with Crippen LogP contribution in [-0.2, 0) is 12.6 Å². The molecule has 0 atom stereocenters. The van der Waals surface area contributed by atoms with E-state index in [-0.39, 0.29) is 17.9 Å². The predicted octanol–water partition coefficient (Wildman–Crippen LogP) is 5.32. The van der Waals surface area contributed by atoms with E-state index in [0.29, 0.717) is 23.3 Å². The fourth-order valence-electron chi connectivity index (χ4n) is 3.65. The molecule has 4 aromatic rings. The van der Waals surface area contributed by atoms with E-state index in [1.165, 1.54) is 6.07 Å². The third-order valence-corrected chi connectivity index (χ3v) is 5.11. The minimum Gasteiger partial charge on any atom is -0.497 e. The lowest BCUT2D eigenvalue weighted by Gasteiger charge is -2.08. The Morgan fingerprint density at radius 3 is 2.68 bits per heavy atom. The smallest absolute Gasteiger partial charge is 0.418 e. The van der Waals surface area contributed by atoms with E-state index in [0.717, 1.165) is 22.5 Å². The van der Waals surface area contributed by atoms with Gasteiger partial charge in [0.1, 0.15) is 5.75 Å². The molecule has 0 unspecified atom stereocenters. The molecule has 3 N–H and O–H groups in total. The van der Waals surface area contributed by atoms with Crippen LogP contribution in [0.15, 0.2) is 42.5 Å². The molecule has 0 aliphatic rings. The van der Waals surface area contributed by atoms with Gasteiger partial charge >= 0.3 is 12.3 Å². The first-order valence-corrected chi connectivity index (χ1v) is 9.56. The number of carbonyl (C=O) groups is 1. The van der Waals surface area contributed by atoms with Gasteiger partial charge < -0.3 is 24.8 Å². The summed E-state index contributed by atoms with van der Waals surface area (Å²) in [5.41, 5.74) is 1.49. The van der Waals surface area contributed by atoms with E-state index >= 15 is 0 Å². The first kappa shape index (κ1) is 20.6. The summed E-state index contributed by atoms with van der Waals surface area (Å²) in [5.74, 6) is 0.962. The molecule has 9 heteroatoms. The molecule has 31 heavy (non-hydrogen) atoms. The summed E-state index contributed by atoms with van der Waals surface area (Å²) in [5, 5.41) is 3.95. The number of H-pyrrole nitrogens is 2. The van der Waals surface area contributed by atoms with Crippen molar-refractivity contribution in [3.8, 4) is 11.6 Å². The minimum atomic E-state index is -4.44. The third kappa shape index (κ3) is 4.16. The number of methoxy groups -OCH3 is 1. The van der Waals surface area contributed by atoms with Crippen LogP contribution in [-0.4, -0.2) is 29.7 Å². The van der Waals surface area contributed by atoms with Crippen molar-refractivity contribution >= 4 is 27.9 Å². The summed E-state index contributed by atoms with van der Waals surface area (Å²) in [6, 6.07) is 11.2. The molecule has 0 saturated carbocycles. The lowest BCUT2D eigenvalue weighted by atomic mass is 10.1. The minimum absolute atomic E-state index is 0.0542. The van der Waals surface area contributed by atoms with Gasteiger partial charge in [-0.2, -0.15) is 13.2 Å². The second-order valence-corrected chi connectivity index (χ2v) is 7.11. The van der Waals surface area contributed by atoms with E-state index in [1.54, 1.807) is 32.2 Å². The molecule has 0 spiro atoms. The van der Waals surface area contributed by atoms with Crippen LogP contribution < -0.4 is 14.8 Å². The number of aromatic nitrogens is 2. The van der Waals surface area contributed by atoms with E-state index in [4.69, 9.17) is 9.47 Å². The number of amides is 1. The highest BCUT2D eigenvalue weighted by Crippen LogP contribution is 2.36. The number of carbonyl (C=O) groups excluding carboxylic acids is 1. The zero-order chi connectivity index (χ0) is 22.2. The Hall–Kier alpha value is -3.62. The lowest BCUT2D eigenvalue weighted by molar-refractivity contribution is -0.136. The Morgan fingerprint density at radius 1 is 1.13 bits per heavy atom. The molecule has 2 heterocycles. The number of hydrogen-bond donors (Lipinski definition) is 3. The average Bonchev–Trinajstić information content (AvgIpc) is 3.26. The molecule has 0 fully saturated rings. The van der Waals surface area contributed by atoms with Gasteiger partial charge in [-0.05, 0) is 43.2 Å². The van der Waals surface area contributed by atoms with Crippen LogP contribution in [0.1, 0.15) is 16.8 Å². The van der Waals surface area contributed by atoms with Gasteiger partial charge in [-0.1, -0.05) is 12.1 Å². The van der Waals surface area contributed by atoms with Crippen molar-refractivity contribution in [2.75, 3.05) is 13.7 Å². The number of benzene rings is 2. The molecule has 0 bridgehead atoms. The highest BCUT2D eigenvalue weighted by Gasteiger charge is 2.33. The third-order valence-electron chi connectivity index (χ3n) is 5.11. The number of ether oxygens (including phenoxy) is 2. The van der Waals surface area contributed by atoms with Crippen molar-refractivity contribution in [2.24, 2.45) is 0 Å². The topological polar surface area (TPSA) is 79.1 Å². The molecule has 0 aliphatic heterocycles. The van der Waals surface area contributed by atoms with Crippen LogP contribution in [0.4, 0.5) is 18.0 Å². The molecular formula is C22H20F3N3O3. The average molecular weight is 431 g/mol. The molecule has 1 amide bonds. The van der Waals surface area contributed by atoms with E-state index in [1.807, 2.05) is 12.1 Å². The Balaban J connectivity index is 1.42. The molecule has 2 aromatic heterocycles. The maximum atomic E-state index is 13.2. The summed E-state index contributed by atoms with van der Waals surface area (Å²) < 4.78 is 50.2. The number of fused-ring (bicyclic) bond motifs is 2. The van der Waals surface area contributed by atoms with Crippen molar-refractivity contribution in [3.05, 3.63) is 59.3 Å². The Labute approximate surface area is 175 Å². The van der Waals surface area contributed by atoms with Gasteiger partial charge in [0.2, 0.25) is 5.88 Å². The van der Waals surface area contributed by atoms with Gasteiger partial charge in [-0.25, -0.2) is 4.79 Å². The maximum Gasteiger partial charge on any atom is 0.418 e. The number of nitrogens with one attached hydrogen (secondary N) is 3. The monoisotopic (exact) mass is 431 g/mol. The van der Waals surface area contributed by atoms with Crippen molar-refractivity contribution in [2.45, 2.75) is 19.5 Å². The number of alkyl halides is 3. The summed E-state index contributed by atoms with van der Waals surface area (Å²) in [7, 11) is 1.57. The molecule has 2 aromatic carbocycles. The zero-order valence-electron chi connectivity index (χ0n) is 16.8. The molecule has 4 rings (SSSR count). The normalized spacial score (nSPS) is 11.8. The lowest BCUT2D eigenvalue weighted by Crippen LogP contribution is -2.28. The van der Waals surface area contributed by atoms with Crippen LogP contribution in [0, 0.1) is 6.92 Å². The number of aromatic amines is 2. The van der Waals surface area contributed by atoms with Crippen LogP contribution in [0.5, 0.6) is 11.6 Å². The van der Waals surface area contributed by atoms with E-state index in [9.17, 15) is 18.0 Å². The van der Waals surface area contributed by atoms with Crippen LogP contribution in [0.2, 0.25) is 0 Å². The van der Waals surface area contributed by atoms with Crippen LogP contribution in [0.25, 0.3) is 21.8 Å². The summed E-state index contributed by atoms with van der Waals surface area (Å²) in [6.45, 7) is 1.92. The fourth-order valence-corrected chi connectivity index (χ4v) is 3.65. The number of rotatable bonds is 5. The van der Waals surface area contributed by atoms with Gasteiger partial charge in [-0.3, -0.25) is 0 Å². The van der Waals surface area contributed by atoms with Gasteiger partial charge in [-0.15, -0.1) is 0 Å². The predicted molar refractivity (Wildman–Crippen MR) is 111 cm³/mol. The summed E-state index contributed by atoms with van der Waals surface area (Å²) in [6.07, 6.45) is -4.75. The molecule has 6 nitrogen and oxygen atoms in total. The SMILES string of the molecule is COc1ccc2[nH]c(OC(=O)NCCc3c(C)[nH]c4c(C(F)(F)F)cccc34)cc2c1. The van der Waals surface area contributed by atoms with Crippen molar-refractivity contribution in [1.29, 1.82) is 0 Å². The van der Waals surface area contributed by atoms with Crippen LogP contribution in [0.3, 0.4) is 0 Å². The fraction of sp³-hybridized carbons (Fsp3) is 0.227. The van der Waals surface area contributed by atoms with Gasteiger partial charge in [0.05, 0.1) is 18.2 Å². The quantitative estimate of drug-likeness (QED) is 0.400. The first-order valence-electron chi connectivity index (χ1n) is 9.56. The molecule has 0 saturated heterocycles. The van der Waals surface area contributed by atoms with Gasteiger partial charge in [0.15, 0.2) is 0 Å². The molecule has 162 valence electrons. The van der Waals surface area contributed by atoms with Crippen LogP contribution >= 0.6 is 0 Å². The number of hydrogen-bond acceptors (Lipinski definition) is 3. The Bertz CT molecular complexity index is 1260. The Kier molecular flexibility index (Phi) is 5.26. The van der Waals surface area contributed by atoms with Gasteiger partial charge in [0.25, 0.3) is 0 Å². The number of para-hydroxylation sites is 1. The standard InChI is InChI=1S/C22H20F3N3O3/c1-12-15(16-4-3-5-17(20(16)27-12)22(23,24)25)8-9-26-21(29)31-19-11-13-10-14(30-2)6-7-18(13)28-19/h3-7,10-11,27-28H,8-9H2,1-2H3,(H,26,29). The highest BCUT2D eigenvalue weighted by molar-refractivity contribution is 5.88. The molecule has 0 aliphatic carbocycles. The number of aryl methyl sites for hydroxylation is 1.